The van der Waals surface area contributed by atoms with Gasteiger partial charge in [-0.2, -0.15) is 11.8 Å². The predicted octanol–water partition coefficient (Wildman–Crippen LogP) is 2.63. The normalized spacial score (nSPS) is 20.1. The first kappa shape index (κ1) is 14.4. The second-order valence-electron chi connectivity index (χ2n) is 5.87. The van der Waals surface area contributed by atoms with Gasteiger partial charge in [-0.15, -0.1) is 0 Å². The van der Waals surface area contributed by atoms with Gasteiger partial charge in [-0.05, 0) is 17.0 Å². The third-order valence-electron chi connectivity index (χ3n) is 3.23. The van der Waals surface area contributed by atoms with Crippen LogP contribution in [0.5, 0.6) is 0 Å². The van der Waals surface area contributed by atoms with Crippen LogP contribution in [0.2, 0.25) is 0 Å². The molecule has 0 aliphatic carbocycles. The van der Waals surface area contributed by atoms with E-state index in [2.05, 4.69) is 37.5 Å². The number of carbonyl (C=O) groups is 1. The minimum absolute atomic E-state index is 0.0264. The van der Waals surface area contributed by atoms with Crippen molar-refractivity contribution in [3.63, 3.8) is 0 Å². The van der Waals surface area contributed by atoms with Gasteiger partial charge in [0.1, 0.15) is 0 Å². The highest BCUT2D eigenvalue weighted by atomic mass is 32.2. The van der Waals surface area contributed by atoms with Gasteiger partial charge in [0, 0.05) is 23.7 Å². The molecule has 3 nitrogen and oxygen atoms in total. The van der Waals surface area contributed by atoms with Crippen molar-refractivity contribution in [2.45, 2.75) is 32.2 Å². The second kappa shape index (κ2) is 5.97. The molecule has 0 bridgehead atoms. The number of hydrogen-bond acceptors (Lipinski definition) is 3. The molecule has 1 fully saturated rings. The first-order chi connectivity index (χ1) is 8.98. The van der Waals surface area contributed by atoms with Crippen LogP contribution in [0.25, 0.3) is 0 Å². The number of amides is 1. The van der Waals surface area contributed by atoms with Crippen LogP contribution in [0.1, 0.15) is 26.3 Å². The van der Waals surface area contributed by atoms with Gasteiger partial charge in [0.2, 0.25) is 5.91 Å². The summed E-state index contributed by atoms with van der Waals surface area (Å²) in [7, 11) is 0. The summed E-state index contributed by atoms with van der Waals surface area (Å²) in [5.41, 5.74) is 2.13. The van der Waals surface area contributed by atoms with Crippen molar-refractivity contribution in [3.05, 3.63) is 29.8 Å². The van der Waals surface area contributed by atoms with Gasteiger partial charge in [-0.25, -0.2) is 0 Å². The standard InChI is InChI=1S/C15H22N2OS/c1-15(2,3)11-6-4-5-7-12(11)17-14(18)13-10-19-9-8-16-13/h4-7,13,16H,8-10H2,1-3H3,(H,17,18). The van der Waals surface area contributed by atoms with Crippen molar-refractivity contribution >= 4 is 23.4 Å². The van der Waals surface area contributed by atoms with Crippen molar-refractivity contribution in [3.8, 4) is 0 Å². The summed E-state index contributed by atoms with van der Waals surface area (Å²) in [6, 6.07) is 7.97. The summed E-state index contributed by atoms with van der Waals surface area (Å²) >= 11 is 1.83. The Morgan fingerprint density at radius 3 is 2.74 bits per heavy atom. The molecule has 19 heavy (non-hydrogen) atoms. The maximum absolute atomic E-state index is 12.3. The number of hydrogen-bond donors (Lipinski definition) is 2. The van der Waals surface area contributed by atoms with Gasteiger partial charge < -0.3 is 10.6 Å². The number of thioether (sulfide) groups is 1. The van der Waals surface area contributed by atoms with Crippen molar-refractivity contribution in [1.29, 1.82) is 0 Å². The summed E-state index contributed by atoms with van der Waals surface area (Å²) in [6.45, 7) is 7.38. The fourth-order valence-corrected chi connectivity index (χ4v) is 3.13. The smallest absolute Gasteiger partial charge is 0.242 e. The zero-order chi connectivity index (χ0) is 13.9. The van der Waals surface area contributed by atoms with E-state index in [0.29, 0.717) is 0 Å². The SMILES string of the molecule is CC(C)(C)c1ccccc1NC(=O)C1CSCCN1. The summed E-state index contributed by atoms with van der Waals surface area (Å²) in [5.74, 6) is 2.01. The predicted molar refractivity (Wildman–Crippen MR) is 82.9 cm³/mol. The third kappa shape index (κ3) is 3.74. The van der Waals surface area contributed by atoms with E-state index < -0.39 is 0 Å². The molecule has 1 heterocycles. The van der Waals surface area contributed by atoms with Gasteiger partial charge in [0.25, 0.3) is 0 Å². The molecule has 1 saturated heterocycles. The molecule has 1 atom stereocenters. The lowest BCUT2D eigenvalue weighted by atomic mass is 9.86. The summed E-state index contributed by atoms with van der Waals surface area (Å²) < 4.78 is 0. The molecule has 0 radical (unpaired) electrons. The van der Waals surface area contributed by atoms with E-state index in [1.807, 2.05) is 30.0 Å². The number of nitrogens with one attached hydrogen (secondary N) is 2. The van der Waals surface area contributed by atoms with E-state index in [0.717, 1.165) is 23.7 Å². The Bertz CT molecular complexity index is 448. The molecule has 4 heteroatoms. The van der Waals surface area contributed by atoms with Crippen LogP contribution in [-0.4, -0.2) is 30.0 Å². The molecule has 1 unspecified atom stereocenters. The molecule has 0 spiro atoms. The largest absolute Gasteiger partial charge is 0.324 e. The zero-order valence-electron chi connectivity index (χ0n) is 11.8. The first-order valence-electron chi connectivity index (χ1n) is 6.70. The zero-order valence-corrected chi connectivity index (χ0v) is 12.6. The molecule has 2 rings (SSSR count). The lowest BCUT2D eigenvalue weighted by Crippen LogP contribution is -2.46. The quantitative estimate of drug-likeness (QED) is 0.874. The Labute approximate surface area is 119 Å². The highest BCUT2D eigenvalue weighted by Gasteiger charge is 2.23. The average molecular weight is 278 g/mol. The number of anilines is 1. The lowest BCUT2D eigenvalue weighted by Gasteiger charge is -2.26. The topological polar surface area (TPSA) is 41.1 Å². The number of benzene rings is 1. The van der Waals surface area contributed by atoms with E-state index >= 15 is 0 Å². The van der Waals surface area contributed by atoms with Crippen molar-refractivity contribution in [1.82, 2.24) is 5.32 Å². The molecular formula is C15H22N2OS. The Morgan fingerprint density at radius 2 is 2.11 bits per heavy atom. The van der Waals surface area contributed by atoms with E-state index in [1.165, 1.54) is 5.56 Å². The minimum Gasteiger partial charge on any atom is -0.324 e. The van der Waals surface area contributed by atoms with E-state index in [9.17, 15) is 4.79 Å². The molecule has 1 aromatic carbocycles. The molecule has 104 valence electrons. The summed E-state index contributed by atoms with van der Waals surface area (Å²) in [5, 5.41) is 6.34. The molecule has 1 aliphatic rings. The first-order valence-corrected chi connectivity index (χ1v) is 7.85. The second-order valence-corrected chi connectivity index (χ2v) is 7.02. The average Bonchev–Trinajstić information content (AvgIpc) is 2.39. The molecular weight excluding hydrogens is 256 g/mol. The van der Waals surface area contributed by atoms with Crippen LogP contribution >= 0.6 is 11.8 Å². The van der Waals surface area contributed by atoms with Crippen LogP contribution in [-0.2, 0) is 10.2 Å². The van der Waals surface area contributed by atoms with Crippen molar-refractivity contribution in [2.75, 3.05) is 23.4 Å². The molecule has 1 aromatic rings. The Hall–Kier alpha value is -1.000. The molecule has 0 aromatic heterocycles. The van der Waals surface area contributed by atoms with E-state index in [-0.39, 0.29) is 17.4 Å². The van der Waals surface area contributed by atoms with Crippen LogP contribution in [0.3, 0.4) is 0 Å². The Balaban J connectivity index is 2.12. The molecule has 1 aliphatic heterocycles. The van der Waals surface area contributed by atoms with Crippen molar-refractivity contribution in [2.24, 2.45) is 0 Å². The van der Waals surface area contributed by atoms with Gasteiger partial charge >= 0.3 is 0 Å². The maximum atomic E-state index is 12.3. The summed E-state index contributed by atoms with van der Waals surface area (Å²) in [6.07, 6.45) is 0. The van der Waals surface area contributed by atoms with Gasteiger partial charge in [-0.1, -0.05) is 39.0 Å². The third-order valence-corrected chi connectivity index (χ3v) is 4.29. The van der Waals surface area contributed by atoms with Crippen LogP contribution in [0.4, 0.5) is 5.69 Å². The molecule has 0 saturated carbocycles. The van der Waals surface area contributed by atoms with E-state index in [4.69, 9.17) is 0 Å². The van der Waals surface area contributed by atoms with Crippen LogP contribution in [0.15, 0.2) is 24.3 Å². The highest BCUT2D eigenvalue weighted by molar-refractivity contribution is 7.99. The Morgan fingerprint density at radius 1 is 1.37 bits per heavy atom. The lowest BCUT2D eigenvalue weighted by molar-refractivity contribution is -0.117. The number of carbonyl (C=O) groups excluding carboxylic acids is 1. The highest BCUT2D eigenvalue weighted by Crippen LogP contribution is 2.29. The fourth-order valence-electron chi connectivity index (χ4n) is 2.20. The van der Waals surface area contributed by atoms with Gasteiger partial charge in [0.15, 0.2) is 0 Å². The molecule has 1 amide bonds. The van der Waals surface area contributed by atoms with Gasteiger partial charge in [-0.3, -0.25) is 4.79 Å². The van der Waals surface area contributed by atoms with Gasteiger partial charge in [0.05, 0.1) is 6.04 Å². The summed E-state index contributed by atoms with van der Waals surface area (Å²) in [4.78, 5) is 12.3. The minimum atomic E-state index is -0.0771. The van der Waals surface area contributed by atoms with Crippen LogP contribution < -0.4 is 10.6 Å². The van der Waals surface area contributed by atoms with Crippen LogP contribution in [0, 0.1) is 0 Å². The maximum Gasteiger partial charge on any atom is 0.242 e. The Kier molecular flexibility index (Phi) is 4.53. The monoisotopic (exact) mass is 278 g/mol. The number of para-hydroxylation sites is 1. The van der Waals surface area contributed by atoms with E-state index in [1.54, 1.807) is 0 Å². The van der Waals surface area contributed by atoms with Crippen molar-refractivity contribution < 1.29 is 4.79 Å². The number of rotatable bonds is 2. The fraction of sp³-hybridized carbons (Fsp3) is 0.533. The molecule has 2 N–H and O–H groups in total.